The number of aromatic nitrogens is 1. The summed E-state index contributed by atoms with van der Waals surface area (Å²) in [6.07, 6.45) is 3.10. The number of piperidine rings is 1. The third-order valence-electron chi connectivity index (χ3n) is 5.45. The van der Waals surface area contributed by atoms with E-state index in [4.69, 9.17) is 15.1 Å². The van der Waals surface area contributed by atoms with Crippen LogP contribution in [0, 0.1) is 5.41 Å². The fourth-order valence-electron chi connectivity index (χ4n) is 4.01. The van der Waals surface area contributed by atoms with Gasteiger partial charge in [0.25, 0.3) is 5.91 Å². The predicted octanol–water partition coefficient (Wildman–Crippen LogP) is 2.31. The van der Waals surface area contributed by atoms with Gasteiger partial charge in [0.15, 0.2) is 0 Å². The fourth-order valence-corrected chi connectivity index (χ4v) is 4.01. The Morgan fingerprint density at radius 2 is 2.00 bits per heavy atom. The maximum absolute atomic E-state index is 12.7. The molecule has 2 aromatic rings. The summed E-state index contributed by atoms with van der Waals surface area (Å²) in [5.41, 5.74) is 1.41. The molecule has 2 saturated heterocycles. The Balaban J connectivity index is 1.55. The maximum Gasteiger partial charge on any atom is 0.260 e. The van der Waals surface area contributed by atoms with Gasteiger partial charge in [-0.25, -0.2) is 4.98 Å². The molecule has 1 atom stereocenters. The number of amides is 1. The minimum absolute atomic E-state index is 0.130. The van der Waals surface area contributed by atoms with E-state index in [-0.39, 0.29) is 11.7 Å². The second-order valence-corrected chi connectivity index (χ2v) is 7.62. The molecule has 1 aromatic heterocycles. The van der Waals surface area contributed by atoms with E-state index in [0.29, 0.717) is 23.5 Å². The Bertz CT molecular complexity index is 870. The van der Waals surface area contributed by atoms with Gasteiger partial charge in [0.05, 0.1) is 23.5 Å². The molecule has 0 radical (unpaired) electrons. The zero-order valence-corrected chi connectivity index (χ0v) is 16.2. The van der Waals surface area contributed by atoms with Crippen molar-refractivity contribution in [1.29, 1.82) is 5.41 Å². The summed E-state index contributed by atoms with van der Waals surface area (Å²) < 4.78 is 5.46. The zero-order chi connectivity index (χ0) is 19.5. The highest BCUT2D eigenvalue weighted by atomic mass is 16.5. The van der Waals surface area contributed by atoms with Gasteiger partial charge in [0.2, 0.25) is 0 Å². The topological polar surface area (TPSA) is 90.3 Å². The predicted molar refractivity (Wildman–Crippen MR) is 110 cm³/mol. The van der Waals surface area contributed by atoms with Crippen molar-refractivity contribution in [3.8, 4) is 0 Å². The largest absolute Gasteiger partial charge is 0.380 e. The standard InChI is InChI=1S/C21H27N5O2/c1-14(22)23-21(27)18-12-15-4-2-3-5-19(15)25-20(18)26-9-6-16(7-10-26)24-17-8-11-28-13-17/h2-5,12,16-17,24H,6-11,13H2,1H3,(H2,22,23,27). The zero-order valence-electron chi connectivity index (χ0n) is 16.2. The summed E-state index contributed by atoms with van der Waals surface area (Å²) in [4.78, 5) is 19.7. The first-order valence-corrected chi connectivity index (χ1v) is 9.95. The highest BCUT2D eigenvalue weighted by Crippen LogP contribution is 2.26. The molecule has 3 heterocycles. The summed E-state index contributed by atoms with van der Waals surface area (Å²) in [7, 11) is 0. The molecule has 7 nitrogen and oxygen atoms in total. The lowest BCUT2D eigenvalue weighted by Gasteiger charge is -2.35. The number of benzene rings is 1. The van der Waals surface area contributed by atoms with Crippen LogP contribution in [0.4, 0.5) is 5.82 Å². The molecule has 3 N–H and O–H groups in total. The van der Waals surface area contributed by atoms with Crippen molar-refractivity contribution >= 4 is 28.5 Å². The summed E-state index contributed by atoms with van der Waals surface area (Å²) >= 11 is 0. The monoisotopic (exact) mass is 381 g/mol. The first kappa shape index (κ1) is 18.8. The van der Waals surface area contributed by atoms with Gasteiger partial charge >= 0.3 is 0 Å². The Labute approximate surface area is 165 Å². The van der Waals surface area contributed by atoms with Crippen LogP contribution in [0.2, 0.25) is 0 Å². The smallest absolute Gasteiger partial charge is 0.260 e. The molecule has 1 amide bonds. The minimum atomic E-state index is -0.274. The van der Waals surface area contributed by atoms with Gasteiger partial charge in [0.1, 0.15) is 5.82 Å². The quantitative estimate of drug-likeness (QED) is 0.559. The van der Waals surface area contributed by atoms with Crippen molar-refractivity contribution in [2.75, 3.05) is 31.2 Å². The first-order chi connectivity index (χ1) is 13.6. The second kappa shape index (κ2) is 8.24. The van der Waals surface area contributed by atoms with Crippen LogP contribution < -0.4 is 15.5 Å². The molecular formula is C21H27N5O2. The van der Waals surface area contributed by atoms with Crippen LogP contribution >= 0.6 is 0 Å². The van der Waals surface area contributed by atoms with Gasteiger partial charge in [-0.1, -0.05) is 18.2 Å². The third-order valence-corrected chi connectivity index (χ3v) is 5.45. The summed E-state index contributed by atoms with van der Waals surface area (Å²) in [5, 5.41) is 14.8. The fraction of sp³-hybridized carbons (Fsp3) is 0.476. The molecule has 0 aliphatic carbocycles. The van der Waals surface area contributed by atoms with E-state index in [9.17, 15) is 4.79 Å². The number of hydrogen-bond donors (Lipinski definition) is 3. The Hall–Kier alpha value is -2.51. The van der Waals surface area contributed by atoms with Gasteiger partial charge in [-0.05, 0) is 38.3 Å². The average molecular weight is 381 g/mol. The van der Waals surface area contributed by atoms with Crippen molar-refractivity contribution in [2.45, 2.75) is 38.3 Å². The molecule has 0 bridgehead atoms. The summed E-state index contributed by atoms with van der Waals surface area (Å²) in [5.74, 6) is 0.565. The number of anilines is 1. The first-order valence-electron chi connectivity index (χ1n) is 9.95. The number of ether oxygens (including phenoxy) is 1. The van der Waals surface area contributed by atoms with E-state index in [1.807, 2.05) is 30.3 Å². The van der Waals surface area contributed by atoms with Gasteiger partial charge in [-0.3, -0.25) is 10.2 Å². The molecule has 28 heavy (non-hydrogen) atoms. The van der Waals surface area contributed by atoms with Crippen LogP contribution in [-0.4, -0.2) is 55.1 Å². The molecule has 0 saturated carbocycles. The SMILES string of the molecule is CC(=N)NC(=O)c1cc2ccccc2nc1N1CCC(NC2CCOC2)CC1. The number of carbonyl (C=O) groups is 1. The Kier molecular flexibility index (Phi) is 5.54. The number of rotatable bonds is 4. The normalized spacial score (nSPS) is 20.5. The maximum atomic E-state index is 12.7. The van der Waals surface area contributed by atoms with Gasteiger partial charge in [0, 0.05) is 37.2 Å². The molecule has 2 aliphatic rings. The molecular weight excluding hydrogens is 354 g/mol. The molecule has 2 aliphatic heterocycles. The van der Waals surface area contributed by atoms with Crippen molar-refractivity contribution in [1.82, 2.24) is 15.6 Å². The summed E-state index contributed by atoms with van der Waals surface area (Å²) in [6.45, 7) is 4.92. The lowest BCUT2D eigenvalue weighted by atomic mass is 10.0. The molecule has 1 unspecified atom stereocenters. The molecule has 2 fully saturated rings. The van der Waals surface area contributed by atoms with E-state index in [1.54, 1.807) is 6.92 Å². The number of fused-ring (bicyclic) bond motifs is 1. The second-order valence-electron chi connectivity index (χ2n) is 7.62. The average Bonchev–Trinajstić information content (AvgIpc) is 3.20. The van der Waals surface area contributed by atoms with E-state index in [0.717, 1.165) is 56.5 Å². The van der Waals surface area contributed by atoms with Crippen LogP contribution in [0.5, 0.6) is 0 Å². The van der Waals surface area contributed by atoms with E-state index in [1.165, 1.54) is 0 Å². The van der Waals surface area contributed by atoms with E-state index < -0.39 is 0 Å². The van der Waals surface area contributed by atoms with Gasteiger partial charge in [-0.2, -0.15) is 0 Å². The molecule has 7 heteroatoms. The van der Waals surface area contributed by atoms with Crippen molar-refractivity contribution in [3.63, 3.8) is 0 Å². The Morgan fingerprint density at radius 3 is 2.71 bits per heavy atom. The minimum Gasteiger partial charge on any atom is -0.380 e. The summed E-state index contributed by atoms with van der Waals surface area (Å²) in [6, 6.07) is 10.7. The molecule has 4 rings (SSSR count). The number of pyridine rings is 1. The third kappa shape index (κ3) is 4.15. The van der Waals surface area contributed by atoms with Gasteiger partial charge in [-0.15, -0.1) is 0 Å². The number of amidine groups is 1. The number of nitrogens with zero attached hydrogens (tertiary/aromatic N) is 2. The van der Waals surface area contributed by atoms with Crippen LogP contribution in [0.1, 0.15) is 36.5 Å². The molecule has 1 aromatic carbocycles. The molecule has 0 spiro atoms. The highest BCUT2D eigenvalue weighted by molar-refractivity contribution is 6.09. The van der Waals surface area contributed by atoms with Crippen LogP contribution in [-0.2, 0) is 4.74 Å². The number of hydrogen-bond acceptors (Lipinski definition) is 6. The van der Waals surface area contributed by atoms with Crippen molar-refractivity contribution in [3.05, 3.63) is 35.9 Å². The molecule has 148 valence electrons. The number of para-hydroxylation sites is 1. The van der Waals surface area contributed by atoms with E-state index >= 15 is 0 Å². The number of carbonyl (C=O) groups excluding carboxylic acids is 1. The van der Waals surface area contributed by atoms with Crippen LogP contribution in [0.3, 0.4) is 0 Å². The Morgan fingerprint density at radius 1 is 1.21 bits per heavy atom. The lowest BCUT2D eigenvalue weighted by Crippen LogP contribution is -2.47. The van der Waals surface area contributed by atoms with E-state index in [2.05, 4.69) is 15.5 Å². The lowest BCUT2D eigenvalue weighted by molar-refractivity contribution is 0.0977. The van der Waals surface area contributed by atoms with Gasteiger partial charge < -0.3 is 20.3 Å². The number of nitrogens with one attached hydrogen (secondary N) is 3. The highest BCUT2D eigenvalue weighted by Gasteiger charge is 2.27. The van der Waals surface area contributed by atoms with Crippen molar-refractivity contribution in [2.24, 2.45) is 0 Å². The van der Waals surface area contributed by atoms with Crippen LogP contribution in [0.25, 0.3) is 10.9 Å². The van der Waals surface area contributed by atoms with Crippen LogP contribution in [0.15, 0.2) is 30.3 Å². The van der Waals surface area contributed by atoms with Crippen molar-refractivity contribution < 1.29 is 9.53 Å².